The van der Waals surface area contributed by atoms with Gasteiger partial charge in [-0.3, -0.25) is 0 Å². The van der Waals surface area contributed by atoms with Crippen molar-refractivity contribution in [3.8, 4) is 0 Å². The Balaban J connectivity index is 2.72. The Morgan fingerprint density at radius 2 is 2.17 bits per heavy atom. The van der Waals surface area contributed by atoms with E-state index in [1.807, 2.05) is 6.92 Å². The topological polar surface area (TPSA) is 39.1 Å². The average Bonchev–Trinajstić information content (AvgIpc) is 2.66. The summed E-state index contributed by atoms with van der Waals surface area (Å²) in [5, 5.41) is 3.41. The summed E-state index contributed by atoms with van der Waals surface area (Å²) in [5.41, 5.74) is 1.07. The molecular formula is C14H27N3O. The molecule has 0 aromatic carbocycles. The molecule has 1 aromatic rings. The zero-order chi connectivity index (χ0) is 13.5. The Morgan fingerprint density at radius 3 is 2.72 bits per heavy atom. The van der Waals surface area contributed by atoms with Crippen molar-refractivity contribution in [1.29, 1.82) is 0 Å². The van der Waals surface area contributed by atoms with Gasteiger partial charge in [0.05, 0.1) is 5.69 Å². The van der Waals surface area contributed by atoms with E-state index in [0.29, 0.717) is 12.0 Å². The van der Waals surface area contributed by atoms with Gasteiger partial charge in [0.25, 0.3) is 0 Å². The highest BCUT2D eigenvalue weighted by Gasteiger charge is 2.17. The molecule has 18 heavy (non-hydrogen) atoms. The maximum Gasteiger partial charge on any atom is 0.203 e. The molecular weight excluding hydrogens is 226 g/mol. The fourth-order valence-corrected chi connectivity index (χ4v) is 2.31. The summed E-state index contributed by atoms with van der Waals surface area (Å²) < 4.78 is 7.34. The van der Waals surface area contributed by atoms with Gasteiger partial charge in [-0.15, -0.1) is 0 Å². The van der Waals surface area contributed by atoms with Crippen LogP contribution in [0.25, 0.3) is 0 Å². The number of nitrogens with zero attached hydrogens (tertiary/aromatic N) is 2. The van der Waals surface area contributed by atoms with Crippen LogP contribution in [0.15, 0.2) is 6.20 Å². The number of nitrogens with one attached hydrogen (secondary N) is 1. The van der Waals surface area contributed by atoms with Crippen LogP contribution in [0.5, 0.6) is 0 Å². The molecule has 1 unspecified atom stereocenters. The van der Waals surface area contributed by atoms with Crippen molar-refractivity contribution >= 4 is 5.95 Å². The van der Waals surface area contributed by atoms with E-state index in [1.54, 1.807) is 7.11 Å². The second-order valence-corrected chi connectivity index (χ2v) is 5.11. The average molecular weight is 253 g/mol. The van der Waals surface area contributed by atoms with Gasteiger partial charge < -0.3 is 14.6 Å². The zero-order valence-corrected chi connectivity index (χ0v) is 12.4. The van der Waals surface area contributed by atoms with Crippen LogP contribution in [0.2, 0.25) is 0 Å². The minimum absolute atomic E-state index is 0.510. The molecule has 104 valence electrons. The lowest BCUT2D eigenvalue weighted by atomic mass is 10.0. The van der Waals surface area contributed by atoms with Crippen LogP contribution in [-0.4, -0.2) is 29.8 Å². The molecule has 0 amide bonds. The number of aryl methyl sites for hydroxylation is 1. The first-order valence-corrected chi connectivity index (χ1v) is 6.88. The summed E-state index contributed by atoms with van der Waals surface area (Å²) in [5.74, 6) is 1.60. The highest BCUT2D eigenvalue weighted by Crippen LogP contribution is 2.25. The maximum absolute atomic E-state index is 5.05. The molecule has 0 aliphatic heterocycles. The first-order chi connectivity index (χ1) is 8.60. The second kappa shape index (κ2) is 7.41. The van der Waals surface area contributed by atoms with Crippen molar-refractivity contribution in [3.63, 3.8) is 0 Å². The van der Waals surface area contributed by atoms with E-state index >= 15 is 0 Å². The van der Waals surface area contributed by atoms with Gasteiger partial charge in [-0.2, -0.15) is 0 Å². The molecule has 4 nitrogen and oxygen atoms in total. The first-order valence-electron chi connectivity index (χ1n) is 6.88. The summed E-state index contributed by atoms with van der Waals surface area (Å²) in [7, 11) is 1.73. The molecule has 1 rings (SSSR count). The summed E-state index contributed by atoms with van der Waals surface area (Å²) in [6.45, 7) is 10.5. The summed E-state index contributed by atoms with van der Waals surface area (Å²) >= 11 is 0. The number of hydrogen-bond acceptors (Lipinski definition) is 3. The molecule has 0 bridgehead atoms. The molecule has 0 aliphatic rings. The third-order valence-corrected chi connectivity index (χ3v) is 3.21. The molecule has 0 saturated carbocycles. The van der Waals surface area contributed by atoms with Crippen molar-refractivity contribution in [2.24, 2.45) is 5.92 Å². The van der Waals surface area contributed by atoms with Crippen LogP contribution in [0, 0.1) is 12.8 Å². The highest BCUT2D eigenvalue weighted by atomic mass is 16.5. The predicted molar refractivity (Wildman–Crippen MR) is 76.1 cm³/mol. The van der Waals surface area contributed by atoms with Crippen LogP contribution in [0.1, 0.15) is 45.3 Å². The molecule has 4 heteroatoms. The van der Waals surface area contributed by atoms with Crippen LogP contribution < -0.4 is 5.32 Å². The number of imidazole rings is 1. The van der Waals surface area contributed by atoms with Crippen LogP contribution in [0.3, 0.4) is 0 Å². The standard InChI is InChI=1S/C14H27N3O/c1-6-13(11(2)3)17-10-12(4)16-14(17)15-8-7-9-18-5/h10-11,13H,6-9H2,1-5H3,(H,15,16). The van der Waals surface area contributed by atoms with Crippen molar-refractivity contribution in [2.75, 3.05) is 25.6 Å². The summed E-state index contributed by atoms with van der Waals surface area (Å²) in [6.07, 6.45) is 4.27. The van der Waals surface area contributed by atoms with Gasteiger partial charge >= 0.3 is 0 Å². The van der Waals surface area contributed by atoms with Gasteiger partial charge in [0.2, 0.25) is 5.95 Å². The van der Waals surface area contributed by atoms with Crippen LogP contribution in [-0.2, 0) is 4.74 Å². The van der Waals surface area contributed by atoms with Crippen molar-refractivity contribution in [1.82, 2.24) is 9.55 Å². The van der Waals surface area contributed by atoms with Gasteiger partial charge in [0.15, 0.2) is 0 Å². The largest absolute Gasteiger partial charge is 0.385 e. The van der Waals surface area contributed by atoms with E-state index in [-0.39, 0.29) is 0 Å². The SMILES string of the molecule is CCC(C(C)C)n1cc(C)nc1NCCCOC. The van der Waals surface area contributed by atoms with E-state index in [2.05, 4.69) is 41.8 Å². The minimum Gasteiger partial charge on any atom is -0.385 e. The van der Waals surface area contributed by atoms with Crippen molar-refractivity contribution in [3.05, 3.63) is 11.9 Å². The molecule has 0 fully saturated rings. The third-order valence-electron chi connectivity index (χ3n) is 3.21. The normalized spacial score (nSPS) is 13.0. The molecule has 1 heterocycles. The molecule has 0 radical (unpaired) electrons. The summed E-state index contributed by atoms with van der Waals surface area (Å²) in [6, 6.07) is 0.510. The molecule has 1 atom stereocenters. The van der Waals surface area contributed by atoms with Crippen molar-refractivity contribution in [2.45, 2.75) is 46.6 Å². The third kappa shape index (κ3) is 4.02. The quantitative estimate of drug-likeness (QED) is 0.723. The molecule has 0 aliphatic carbocycles. The Hall–Kier alpha value is -1.03. The monoisotopic (exact) mass is 253 g/mol. The molecule has 1 N–H and O–H groups in total. The minimum atomic E-state index is 0.510. The van der Waals surface area contributed by atoms with E-state index in [9.17, 15) is 0 Å². The number of anilines is 1. The number of ether oxygens (including phenoxy) is 1. The predicted octanol–water partition coefficient (Wildman–Crippen LogP) is 3.25. The van der Waals surface area contributed by atoms with Crippen LogP contribution >= 0.6 is 0 Å². The van der Waals surface area contributed by atoms with Gasteiger partial charge in [0.1, 0.15) is 0 Å². The smallest absolute Gasteiger partial charge is 0.203 e. The first kappa shape index (κ1) is 15.0. The van der Waals surface area contributed by atoms with E-state index < -0.39 is 0 Å². The molecule has 1 aromatic heterocycles. The molecule has 0 saturated heterocycles. The van der Waals surface area contributed by atoms with Crippen LogP contribution in [0.4, 0.5) is 5.95 Å². The second-order valence-electron chi connectivity index (χ2n) is 5.11. The Bertz CT molecular complexity index is 347. The van der Waals surface area contributed by atoms with Gasteiger partial charge in [-0.05, 0) is 25.7 Å². The number of hydrogen-bond donors (Lipinski definition) is 1. The van der Waals surface area contributed by atoms with Gasteiger partial charge in [0, 0.05) is 32.5 Å². The Kier molecular flexibility index (Phi) is 6.19. The van der Waals surface area contributed by atoms with Gasteiger partial charge in [-0.25, -0.2) is 4.98 Å². The lowest BCUT2D eigenvalue weighted by molar-refractivity contribution is 0.197. The van der Waals surface area contributed by atoms with E-state index in [4.69, 9.17) is 4.74 Å². The Morgan fingerprint density at radius 1 is 1.44 bits per heavy atom. The summed E-state index contributed by atoms with van der Waals surface area (Å²) in [4.78, 5) is 4.57. The fraction of sp³-hybridized carbons (Fsp3) is 0.786. The number of rotatable bonds is 8. The maximum atomic E-state index is 5.05. The Labute approximate surface area is 111 Å². The highest BCUT2D eigenvalue weighted by molar-refractivity contribution is 5.29. The lowest BCUT2D eigenvalue weighted by Gasteiger charge is -2.23. The molecule has 0 spiro atoms. The fourth-order valence-electron chi connectivity index (χ4n) is 2.31. The lowest BCUT2D eigenvalue weighted by Crippen LogP contribution is -2.17. The van der Waals surface area contributed by atoms with Crippen molar-refractivity contribution < 1.29 is 4.74 Å². The van der Waals surface area contributed by atoms with Gasteiger partial charge in [-0.1, -0.05) is 20.8 Å². The van der Waals surface area contributed by atoms with E-state index in [0.717, 1.165) is 37.6 Å². The van der Waals surface area contributed by atoms with E-state index in [1.165, 1.54) is 0 Å². The number of methoxy groups -OCH3 is 1. The number of aromatic nitrogens is 2. The zero-order valence-electron chi connectivity index (χ0n) is 12.4.